The van der Waals surface area contributed by atoms with E-state index in [1.54, 1.807) is 23.4 Å². The summed E-state index contributed by atoms with van der Waals surface area (Å²) in [4.78, 5) is 31.2. The van der Waals surface area contributed by atoms with E-state index in [4.69, 9.17) is 0 Å². The summed E-state index contributed by atoms with van der Waals surface area (Å²) in [5, 5.41) is 0. The number of hydrogen-bond acceptors (Lipinski definition) is 5. The second-order valence-corrected chi connectivity index (χ2v) is 15.7. The van der Waals surface area contributed by atoms with E-state index >= 15 is 0 Å². The van der Waals surface area contributed by atoms with Crippen molar-refractivity contribution in [2.45, 2.75) is 97.9 Å². The molecule has 5 rings (SSSR count). The van der Waals surface area contributed by atoms with E-state index in [0.29, 0.717) is 40.8 Å². The fraction of sp³-hybridized carbons (Fsp3) is 0.781. The molecule has 4 fully saturated rings. The minimum absolute atomic E-state index is 0.0292. The van der Waals surface area contributed by atoms with Gasteiger partial charge in [0.25, 0.3) is 10.1 Å². The predicted octanol–water partition coefficient (Wildman–Crippen LogP) is 5.94. The zero-order valence-corrected chi connectivity index (χ0v) is 25.4. The Morgan fingerprint density at radius 1 is 1.12 bits per heavy atom. The number of amides is 1. The standard InChI is InChI=1S/C32H48N2O5S/c1-22(6-11-30(36)34(17-18-40(37,38)39)21-23-5-4-16-33-20-23)27-9-10-28-26-8-7-24-19-25(35)12-14-31(24,2)29(26)13-15-32(27,28)3/h4-5,16,20,22,24,26-29H,6-15,17-19,21H2,1-3H3,(H,37,38,39). The van der Waals surface area contributed by atoms with Gasteiger partial charge in [-0.1, -0.05) is 26.8 Å². The highest BCUT2D eigenvalue weighted by Gasteiger charge is 2.60. The summed E-state index contributed by atoms with van der Waals surface area (Å²) < 4.78 is 32.1. The first kappa shape index (κ1) is 29.7. The van der Waals surface area contributed by atoms with E-state index in [1.165, 1.54) is 38.5 Å². The first-order valence-corrected chi connectivity index (χ1v) is 17.1. The van der Waals surface area contributed by atoms with Crippen molar-refractivity contribution in [3.8, 4) is 0 Å². The molecule has 8 unspecified atom stereocenters. The lowest BCUT2D eigenvalue weighted by atomic mass is 9.44. The number of nitrogens with zero attached hydrogens (tertiary/aromatic N) is 2. The van der Waals surface area contributed by atoms with Gasteiger partial charge in [0.05, 0.1) is 5.75 Å². The first-order valence-electron chi connectivity index (χ1n) is 15.5. The molecule has 0 saturated heterocycles. The summed E-state index contributed by atoms with van der Waals surface area (Å²) in [5.41, 5.74) is 1.47. The minimum atomic E-state index is -4.16. The van der Waals surface area contributed by atoms with Crippen molar-refractivity contribution in [2.75, 3.05) is 12.3 Å². The molecule has 7 nitrogen and oxygen atoms in total. The van der Waals surface area contributed by atoms with Gasteiger partial charge in [0.2, 0.25) is 5.91 Å². The van der Waals surface area contributed by atoms with Crippen LogP contribution in [0, 0.1) is 46.3 Å². The Hall–Kier alpha value is -1.80. The summed E-state index contributed by atoms with van der Waals surface area (Å²) in [7, 11) is -4.16. The molecule has 40 heavy (non-hydrogen) atoms. The van der Waals surface area contributed by atoms with Gasteiger partial charge in [-0.15, -0.1) is 0 Å². The summed E-state index contributed by atoms with van der Waals surface area (Å²) >= 11 is 0. The van der Waals surface area contributed by atoms with Gasteiger partial charge in [0, 0.05) is 44.7 Å². The van der Waals surface area contributed by atoms with Crippen molar-refractivity contribution < 1.29 is 22.6 Å². The molecule has 4 aliphatic carbocycles. The van der Waals surface area contributed by atoms with Gasteiger partial charge in [0.1, 0.15) is 5.78 Å². The number of fused-ring (bicyclic) bond motifs is 5. The van der Waals surface area contributed by atoms with Crippen LogP contribution in [0.15, 0.2) is 24.5 Å². The highest BCUT2D eigenvalue weighted by molar-refractivity contribution is 7.85. The highest BCUT2D eigenvalue weighted by atomic mass is 32.2. The number of carbonyl (C=O) groups excluding carboxylic acids is 2. The molecule has 1 amide bonds. The fourth-order valence-corrected chi connectivity index (χ4v) is 10.4. The molecule has 1 N–H and O–H groups in total. The lowest BCUT2D eigenvalue weighted by Crippen LogP contribution is -2.53. The number of aromatic nitrogens is 1. The maximum Gasteiger partial charge on any atom is 0.266 e. The van der Waals surface area contributed by atoms with Crippen LogP contribution in [0.3, 0.4) is 0 Å². The Labute approximate surface area is 240 Å². The van der Waals surface area contributed by atoms with Crippen LogP contribution in [0.25, 0.3) is 0 Å². The molecular weight excluding hydrogens is 524 g/mol. The largest absolute Gasteiger partial charge is 0.337 e. The molecule has 0 radical (unpaired) electrons. The zero-order valence-electron chi connectivity index (χ0n) is 24.6. The number of ketones is 1. The Morgan fingerprint density at radius 2 is 1.90 bits per heavy atom. The van der Waals surface area contributed by atoms with Gasteiger partial charge in [0.15, 0.2) is 0 Å². The third-order valence-corrected chi connectivity index (χ3v) is 12.8. The number of hydrogen-bond donors (Lipinski definition) is 1. The van der Waals surface area contributed by atoms with Gasteiger partial charge in [-0.25, -0.2) is 0 Å². The van der Waals surface area contributed by atoms with Crippen LogP contribution >= 0.6 is 0 Å². The lowest BCUT2D eigenvalue weighted by Gasteiger charge is -2.60. The Bertz CT molecular complexity index is 1190. The molecule has 0 bridgehead atoms. The van der Waals surface area contributed by atoms with Crippen molar-refractivity contribution in [3.05, 3.63) is 30.1 Å². The van der Waals surface area contributed by atoms with E-state index < -0.39 is 15.9 Å². The lowest BCUT2D eigenvalue weighted by molar-refractivity contribution is -0.140. The molecule has 4 aliphatic rings. The minimum Gasteiger partial charge on any atom is -0.337 e. The number of pyridine rings is 1. The molecule has 0 aliphatic heterocycles. The molecule has 1 aromatic rings. The second kappa shape index (κ2) is 11.5. The van der Waals surface area contributed by atoms with E-state index in [2.05, 4.69) is 25.8 Å². The average Bonchev–Trinajstić information content (AvgIpc) is 3.27. The third kappa shape index (κ3) is 5.90. The zero-order chi connectivity index (χ0) is 28.7. The molecule has 4 saturated carbocycles. The van der Waals surface area contributed by atoms with Gasteiger partial charge < -0.3 is 4.90 Å². The maximum absolute atomic E-state index is 13.3. The number of Topliss-reactive ketones (excluding diaryl/α,β-unsaturated/α-hetero) is 1. The van der Waals surface area contributed by atoms with E-state index in [1.807, 2.05) is 6.07 Å². The Kier molecular flexibility index (Phi) is 8.51. The van der Waals surface area contributed by atoms with Crippen molar-refractivity contribution >= 4 is 21.8 Å². The summed E-state index contributed by atoms with van der Waals surface area (Å²) in [5.74, 6) is 3.78. The molecular formula is C32H48N2O5S. The van der Waals surface area contributed by atoms with Crippen LogP contribution in [-0.4, -0.2) is 46.8 Å². The van der Waals surface area contributed by atoms with Gasteiger partial charge in [-0.3, -0.25) is 19.1 Å². The quantitative estimate of drug-likeness (QED) is 0.367. The van der Waals surface area contributed by atoms with Crippen molar-refractivity contribution in [1.82, 2.24) is 9.88 Å². The molecule has 222 valence electrons. The monoisotopic (exact) mass is 572 g/mol. The van der Waals surface area contributed by atoms with E-state index in [-0.39, 0.29) is 19.0 Å². The molecule has 1 heterocycles. The summed E-state index contributed by atoms with van der Waals surface area (Å²) in [6.07, 6.45) is 14.7. The average molecular weight is 573 g/mol. The highest BCUT2D eigenvalue weighted by Crippen LogP contribution is 2.68. The maximum atomic E-state index is 13.3. The molecule has 0 spiro atoms. The van der Waals surface area contributed by atoms with Crippen molar-refractivity contribution in [2.24, 2.45) is 46.3 Å². The topological polar surface area (TPSA) is 105 Å². The summed E-state index contributed by atoms with van der Waals surface area (Å²) in [6.45, 7) is 7.60. The van der Waals surface area contributed by atoms with Gasteiger partial charge >= 0.3 is 0 Å². The van der Waals surface area contributed by atoms with Crippen LogP contribution < -0.4 is 0 Å². The molecule has 8 heteroatoms. The number of rotatable bonds is 9. The van der Waals surface area contributed by atoms with Crippen LogP contribution in [-0.2, 0) is 26.3 Å². The van der Waals surface area contributed by atoms with E-state index in [9.17, 15) is 22.6 Å². The fourth-order valence-electron chi connectivity index (χ4n) is 9.96. The molecule has 1 aromatic heterocycles. The van der Waals surface area contributed by atoms with Gasteiger partial charge in [-0.2, -0.15) is 8.42 Å². The first-order chi connectivity index (χ1) is 18.9. The molecule has 8 atom stereocenters. The predicted molar refractivity (Wildman–Crippen MR) is 155 cm³/mol. The summed E-state index contributed by atoms with van der Waals surface area (Å²) in [6, 6.07) is 3.67. The Morgan fingerprint density at radius 3 is 2.62 bits per heavy atom. The smallest absolute Gasteiger partial charge is 0.266 e. The van der Waals surface area contributed by atoms with Crippen LogP contribution in [0.2, 0.25) is 0 Å². The van der Waals surface area contributed by atoms with Crippen LogP contribution in [0.1, 0.15) is 97.0 Å². The Balaban J connectivity index is 1.22. The normalized spacial score (nSPS) is 36.3. The third-order valence-electron chi connectivity index (χ3n) is 12.1. The number of carbonyl (C=O) groups is 2. The van der Waals surface area contributed by atoms with Crippen LogP contribution in [0.5, 0.6) is 0 Å². The van der Waals surface area contributed by atoms with E-state index in [0.717, 1.165) is 49.0 Å². The van der Waals surface area contributed by atoms with Gasteiger partial charge in [-0.05, 0) is 109 Å². The van der Waals surface area contributed by atoms with Crippen LogP contribution in [0.4, 0.5) is 0 Å². The molecule has 0 aromatic carbocycles. The van der Waals surface area contributed by atoms with Crippen molar-refractivity contribution in [1.29, 1.82) is 0 Å². The van der Waals surface area contributed by atoms with Crippen molar-refractivity contribution in [3.63, 3.8) is 0 Å². The SMILES string of the molecule is CC(CCC(=O)N(CCS(=O)(=O)O)Cc1cccnc1)C1CCC2C3CCC4CC(=O)CCC4(C)C3CCC12C. The second-order valence-electron chi connectivity index (χ2n) is 14.1.